The molecule has 2 N–H and O–H groups in total. The first-order chi connectivity index (χ1) is 14.0. The summed E-state index contributed by atoms with van der Waals surface area (Å²) in [5.74, 6) is 0.725. The molecule has 1 aromatic heterocycles. The second kappa shape index (κ2) is 11.7. The number of halogens is 1. The summed E-state index contributed by atoms with van der Waals surface area (Å²) in [6, 6.07) is 15.8. The van der Waals surface area contributed by atoms with Gasteiger partial charge in [0.25, 0.3) is 5.56 Å². The Morgan fingerprint density at radius 1 is 1.03 bits per heavy atom. The van der Waals surface area contributed by atoms with Gasteiger partial charge in [-0.25, -0.2) is 5.10 Å². The molecule has 2 aromatic carbocycles. The van der Waals surface area contributed by atoms with Crippen LogP contribution < -0.4 is 10.9 Å². The third-order valence-corrected chi connectivity index (χ3v) is 5.05. The van der Waals surface area contributed by atoms with Gasteiger partial charge < -0.3 is 10.2 Å². The normalized spacial score (nSPS) is 11.1. The van der Waals surface area contributed by atoms with Crippen molar-refractivity contribution in [1.29, 1.82) is 0 Å². The van der Waals surface area contributed by atoms with Crippen molar-refractivity contribution in [2.75, 3.05) is 32.0 Å². The van der Waals surface area contributed by atoms with Gasteiger partial charge in [0.1, 0.15) is 0 Å². The fraction of sp³-hybridized carbons (Fsp3) is 0.417. The van der Waals surface area contributed by atoms with Crippen LogP contribution in [-0.4, -0.2) is 41.8 Å². The van der Waals surface area contributed by atoms with Gasteiger partial charge in [-0.05, 0) is 50.6 Å². The summed E-state index contributed by atoms with van der Waals surface area (Å²) in [6.45, 7) is 7.81. The molecule has 5 nitrogen and oxygen atoms in total. The van der Waals surface area contributed by atoms with Crippen molar-refractivity contribution in [3.8, 4) is 11.3 Å². The molecule has 162 valence electrons. The zero-order chi connectivity index (χ0) is 20.6. The Labute approximate surface area is 185 Å². The number of hydrogen-bond donors (Lipinski definition) is 2. The highest BCUT2D eigenvalue weighted by molar-refractivity contribution is 5.94. The van der Waals surface area contributed by atoms with Gasteiger partial charge in [-0.3, -0.25) is 4.79 Å². The summed E-state index contributed by atoms with van der Waals surface area (Å²) in [7, 11) is 2.21. The van der Waals surface area contributed by atoms with Crippen LogP contribution in [0.1, 0.15) is 33.1 Å². The standard InChI is InChI=1S/C24H32N4O.ClH/c1-18(2)17-28(3)15-8-4-7-14-25-20-11-9-10-19(16-20)23-21-12-5-6-13-22(21)24(29)27-26-23;/h5-6,9-13,16,18,25H,4,7-8,14-15,17H2,1-3H3,(H,27,29);1H. The van der Waals surface area contributed by atoms with E-state index >= 15 is 0 Å². The van der Waals surface area contributed by atoms with E-state index in [1.54, 1.807) is 0 Å². The van der Waals surface area contributed by atoms with Crippen LogP contribution in [0, 0.1) is 5.92 Å². The van der Waals surface area contributed by atoms with Crippen LogP contribution in [0.3, 0.4) is 0 Å². The highest BCUT2D eigenvalue weighted by Gasteiger charge is 2.08. The highest BCUT2D eigenvalue weighted by atomic mass is 35.5. The molecule has 0 unspecified atom stereocenters. The van der Waals surface area contributed by atoms with Crippen molar-refractivity contribution >= 4 is 28.9 Å². The number of rotatable bonds is 10. The average Bonchev–Trinajstić information content (AvgIpc) is 2.71. The summed E-state index contributed by atoms with van der Waals surface area (Å²) in [6.07, 6.45) is 3.61. The molecule has 3 aromatic rings. The number of aromatic nitrogens is 2. The van der Waals surface area contributed by atoms with Crippen molar-refractivity contribution in [1.82, 2.24) is 15.1 Å². The van der Waals surface area contributed by atoms with E-state index in [1.165, 1.54) is 25.9 Å². The number of unbranched alkanes of at least 4 members (excludes halogenated alkanes) is 2. The molecule has 30 heavy (non-hydrogen) atoms. The van der Waals surface area contributed by atoms with Gasteiger partial charge in [-0.2, -0.15) is 5.10 Å². The summed E-state index contributed by atoms with van der Waals surface area (Å²) < 4.78 is 0. The smallest absolute Gasteiger partial charge is 0.272 e. The van der Waals surface area contributed by atoms with E-state index in [2.05, 4.69) is 53.4 Å². The highest BCUT2D eigenvalue weighted by Crippen LogP contribution is 2.26. The molecule has 0 amide bonds. The molecule has 0 aliphatic rings. The lowest BCUT2D eigenvalue weighted by Crippen LogP contribution is -2.24. The summed E-state index contributed by atoms with van der Waals surface area (Å²) >= 11 is 0. The van der Waals surface area contributed by atoms with Crippen LogP contribution in [-0.2, 0) is 0 Å². The van der Waals surface area contributed by atoms with Gasteiger partial charge in [0.15, 0.2) is 0 Å². The lowest BCUT2D eigenvalue weighted by molar-refractivity contribution is 0.289. The van der Waals surface area contributed by atoms with Gasteiger partial charge in [-0.1, -0.05) is 50.6 Å². The Morgan fingerprint density at radius 3 is 2.57 bits per heavy atom. The average molecular weight is 429 g/mol. The third-order valence-electron chi connectivity index (χ3n) is 5.05. The van der Waals surface area contributed by atoms with Crippen LogP contribution >= 0.6 is 12.4 Å². The Kier molecular flexibility index (Phi) is 9.34. The maximum absolute atomic E-state index is 12.0. The minimum Gasteiger partial charge on any atom is -0.385 e. The lowest BCUT2D eigenvalue weighted by atomic mass is 10.0. The Hall–Kier alpha value is -2.37. The van der Waals surface area contributed by atoms with E-state index in [0.29, 0.717) is 5.39 Å². The molecule has 0 atom stereocenters. The molecule has 0 saturated heterocycles. The van der Waals surface area contributed by atoms with Gasteiger partial charge >= 0.3 is 0 Å². The number of H-pyrrole nitrogens is 1. The number of hydrogen-bond acceptors (Lipinski definition) is 4. The molecule has 0 fully saturated rings. The maximum Gasteiger partial charge on any atom is 0.272 e. The number of aromatic amines is 1. The predicted molar refractivity (Wildman–Crippen MR) is 130 cm³/mol. The Morgan fingerprint density at radius 2 is 1.80 bits per heavy atom. The molecule has 1 heterocycles. The largest absolute Gasteiger partial charge is 0.385 e. The molecule has 0 bridgehead atoms. The molecule has 0 aliphatic heterocycles. The minimum absolute atomic E-state index is 0. The van der Waals surface area contributed by atoms with Crippen molar-refractivity contribution in [2.24, 2.45) is 5.92 Å². The van der Waals surface area contributed by atoms with E-state index in [9.17, 15) is 4.79 Å². The third kappa shape index (κ3) is 6.57. The predicted octanol–water partition coefficient (Wildman–Crippen LogP) is 5.18. The van der Waals surface area contributed by atoms with Crippen LogP contribution in [0.2, 0.25) is 0 Å². The first-order valence-corrected chi connectivity index (χ1v) is 10.5. The van der Waals surface area contributed by atoms with Gasteiger partial charge in [0.2, 0.25) is 0 Å². The molecule has 6 heteroatoms. The zero-order valence-electron chi connectivity index (χ0n) is 18.1. The van der Waals surface area contributed by atoms with Gasteiger partial charge in [-0.15, -0.1) is 12.4 Å². The second-order valence-corrected chi connectivity index (χ2v) is 8.17. The van der Waals surface area contributed by atoms with E-state index < -0.39 is 0 Å². The van der Waals surface area contributed by atoms with Crippen molar-refractivity contribution < 1.29 is 0 Å². The molecule has 0 radical (unpaired) electrons. The molecule has 0 saturated carbocycles. The number of fused-ring (bicyclic) bond motifs is 1. The van der Waals surface area contributed by atoms with Crippen LogP contribution in [0.25, 0.3) is 22.0 Å². The quantitative estimate of drug-likeness (QED) is 0.436. The monoisotopic (exact) mass is 428 g/mol. The van der Waals surface area contributed by atoms with E-state index in [-0.39, 0.29) is 18.0 Å². The second-order valence-electron chi connectivity index (χ2n) is 8.17. The topological polar surface area (TPSA) is 61.0 Å². The van der Waals surface area contributed by atoms with Crippen LogP contribution in [0.5, 0.6) is 0 Å². The summed E-state index contributed by atoms with van der Waals surface area (Å²) in [5, 5.41) is 12.0. The Balaban J connectivity index is 0.00000320. The van der Waals surface area contributed by atoms with Gasteiger partial charge in [0, 0.05) is 29.7 Å². The fourth-order valence-corrected chi connectivity index (χ4v) is 3.74. The van der Waals surface area contributed by atoms with Crippen LogP contribution in [0.4, 0.5) is 5.69 Å². The summed E-state index contributed by atoms with van der Waals surface area (Å²) in [4.78, 5) is 14.4. The first kappa shape index (κ1) is 23.9. The molecule has 0 aliphatic carbocycles. The molecular weight excluding hydrogens is 396 g/mol. The maximum atomic E-state index is 12.0. The van der Waals surface area contributed by atoms with Crippen LogP contribution in [0.15, 0.2) is 53.3 Å². The minimum atomic E-state index is -0.155. The molecular formula is C24H33ClN4O. The number of benzene rings is 2. The SMILES string of the molecule is CC(C)CN(C)CCCCCNc1cccc(-c2n[nH]c(=O)c3ccccc23)c1.Cl. The van der Waals surface area contributed by atoms with Gasteiger partial charge in [0.05, 0.1) is 11.1 Å². The van der Waals surface area contributed by atoms with E-state index in [0.717, 1.165) is 41.2 Å². The lowest BCUT2D eigenvalue weighted by Gasteiger charge is -2.18. The fourth-order valence-electron chi connectivity index (χ4n) is 3.74. The number of nitrogens with one attached hydrogen (secondary N) is 2. The zero-order valence-corrected chi connectivity index (χ0v) is 19.0. The first-order valence-electron chi connectivity index (χ1n) is 10.5. The van der Waals surface area contributed by atoms with E-state index in [1.807, 2.05) is 36.4 Å². The molecule has 0 spiro atoms. The summed E-state index contributed by atoms with van der Waals surface area (Å²) in [5.41, 5.74) is 2.73. The number of nitrogens with zero attached hydrogens (tertiary/aromatic N) is 2. The Bertz CT molecular complexity index is 986. The van der Waals surface area contributed by atoms with Crippen molar-refractivity contribution in [3.05, 3.63) is 58.9 Å². The van der Waals surface area contributed by atoms with E-state index in [4.69, 9.17) is 0 Å². The number of anilines is 1. The van der Waals surface area contributed by atoms with Crippen molar-refractivity contribution in [3.63, 3.8) is 0 Å². The van der Waals surface area contributed by atoms with Crippen molar-refractivity contribution in [2.45, 2.75) is 33.1 Å². The molecule has 3 rings (SSSR count).